The monoisotopic (exact) mass is 213 g/mol. The summed E-state index contributed by atoms with van der Waals surface area (Å²) in [4.78, 5) is 34.4. The first-order valence-electron chi connectivity index (χ1n) is 5.16. The number of amides is 2. The highest BCUT2D eigenvalue weighted by atomic mass is 16.4. The summed E-state index contributed by atoms with van der Waals surface area (Å²) in [5.74, 6) is -1.86. The molecule has 2 amide bonds. The number of hydrogen-bond acceptors (Lipinski definition) is 3. The van der Waals surface area contributed by atoms with E-state index in [9.17, 15) is 14.4 Å². The fraction of sp³-hybridized carbons (Fsp3) is 0.700. The molecule has 0 spiro atoms. The third kappa shape index (κ3) is 3.69. The van der Waals surface area contributed by atoms with Gasteiger partial charge < -0.3 is 5.11 Å². The van der Waals surface area contributed by atoms with E-state index >= 15 is 0 Å². The lowest BCUT2D eigenvalue weighted by molar-refractivity contribution is -0.152. The lowest BCUT2D eigenvalue weighted by atomic mass is 10.1. The average Bonchev–Trinajstić information content (AvgIpc) is 2.23. The molecule has 0 aromatic rings. The predicted molar refractivity (Wildman–Crippen MR) is 52.1 cm³/mol. The van der Waals surface area contributed by atoms with Gasteiger partial charge in [0.1, 0.15) is 6.54 Å². The molecule has 1 aliphatic heterocycles. The molecule has 0 unspecified atom stereocenters. The Morgan fingerprint density at radius 1 is 1.07 bits per heavy atom. The highest BCUT2D eigenvalue weighted by molar-refractivity contribution is 5.98. The van der Waals surface area contributed by atoms with E-state index in [1.807, 2.05) is 0 Å². The van der Waals surface area contributed by atoms with E-state index in [0.717, 1.165) is 30.6 Å². The first-order valence-corrected chi connectivity index (χ1v) is 5.16. The number of carbonyl (C=O) groups excluding carboxylic acids is 2. The number of rotatable bonds is 2. The summed E-state index contributed by atoms with van der Waals surface area (Å²) in [6, 6.07) is 0. The second kappa shape index (κ2) is 5.48. The molecule has 1 fully saturated rings. The van der Waals surface area contributed by atoms with Crippen molar-refractivity contribution in [2.45, 2.75) is 38.5 Å². The maximum Gasteiger partial charge on any atom is 0.323 e. The van der Waals surface area contributed by atoms with Crippen molar-refractivity contribution in [2.24, 2.45) is 0 Å². The van der Waals surface area contributed by atoms with Gasteiger partial charge in [0.05, 0.1) is 0 Å². The number of carboxylic acid groups (broad SMARTS) is 1. The zero-order chi connectivity index (χ0) is 11.3. The van der Waals surface area contributed by atoms with Gasteiger partial charge in [-0.2, -0.15) is 0 Å². The van der Waals surface area contributed by atoms with E-state index < -0.39 is 12.5 Å². The quantitative estimate of drug-likeness (QED) is 0.688. The molecule has 1 N–H and O–H groups in total. The number of nitrogens with zero attached hydrogens (tertiary/aromatic N) is 1. The van der Waals surface area contributed by atoms with Gasteiger partial charge in [-0.1, -0.05) is 12.8 Å². The van der Waals surface area contributed by atoms with Crippen LogP contribution in [-0.2, 0) is 14.4 Å². The van der Waals surface area contributed by atoms with Crippen LogP contribution in [-0.4, -0.2) is 34.3 Å². The van der Waals surface area contributed by atoms with Crippen LogP contribution in [0.1, 0.15) is 38.5 Å². The van der Waals surface area contributed by atoms with Gasteiger partial charge >= 0.3 is 5.97 Å². The van der Waals surface area contributed by atoms with Crippen LogP contribution >= 0.6 is 0 Å². The summed E-state index contributed by atoms with van der Waals surface area (Å²) in [6.07, 6.45) is 3.89. The fourth-order valence-electron chi connectivity index (χ4n) is 1.63. The lowest BCUT2D eigenvalue weighted by Gasteiger charge is -2.17. The van der Waals surface area contributed by atoms with E-state index in [4.69, 9.17) is 5.11 Å². The second-order valence-corrected chi connectivity index (χ2v) is 3.68. The Balaban J connectivity index is 2.69. The fourth-order valence-corrected chi connectivity index (χ4v) is 1.63. The van der Waals surface area contributed by atoms with Gasteiger partial charge in [-0.25, -0.2) is 0 Å². The summed E-state index contributed by atoms with van der Waals surface area (Å²) in [6.45, 7) is -0.502. The van der Waals surface area contributed by atoms with E-state index in [1.54, 1.807) is 0 Å². The minimum absolute atomic E-state index is 0.277. The number of hydrogen-bond donors (Lipinski definition) is 1. The molecule has 84 valence electrons. The largest absolute Gasteiger partial charge is 0.480 e. The number of carboxylic acids is 1. The maximum absolute atomic E-state index is 11.5. The van der Waals surface area contributed by atoms with Gasteiger partial charge in [-0.15, -0.1) is 0 Å². The minimum atomic E-state index is -1.14. The maximum atomic E-state index is 11.5. The highest BCUT2D eigenvalue weighted by Crippen LogP contribution is 2.12. The number of imide groups is 1. The molecule has 0 aromatic heterocycles. The van der Waals surface area contributed by atoms with Gasteiger partial charge in [0, 0.05) is 12.8 Å². The van der Waals surface area contributed by atoms with Gasteiger partial charge in [-0.05, 0) is 12.8 Å². The van der Waals surface area contributed by atoms with Crippen molar-refractivity contribution in [1.29, 1.82) is 0 Å². The first kappa shape index (κ1) is 11.7. The van der Waals surface area contributed by atoms with Crippen LogP contribution in [0.2, 0.25) is 0 Å². The third-order valence-corrected chi connectivity index (χ3v) is 2.43. The van der Waals surface area contributed by atoms with E-state index in [2.05, 4.69) is 0 Å². The van der Waals surface area contributed by atoms with Crippen LogP contribution in [0.5, 0.6) is 0 Å². The Kier molecular flexibility index (Phi) is 4.27. The SMILES string of the molecule is O=C(O)CN1C(=O)CCCCCCC1=O. The van der Waals surface area contributed by atoms with Crippen LogP contribution in [0, 0.1) is 0 Å². The normalized spacial score (nSPS) is 19.3. The smallest absolute Gasteiger partial charge is 0.323 e. The number of carbonyl (C=O) groups is 3. The van der Waals surface area contributed by atoms with Crippen molar-refractivity contribution in [2.75, 3.05) is 6.54 Å². The standard InChI is InChI=1S/C10H15NO4/c12-8-5-3-1-2-4-6-9(13)11(8)7-10(14)15/h1-7H2,(H,14,15). The lowest BCUT2D eigenvalue weighted by Crippen LogP contribution is -2.40. The summed E-state index contributed by atoms with van der Waals surface area (Å²) in [5, 5.41) is 8.59. The average molecular weight is 213 g/mol. The third-order valence-electron chi connectivity index (χ3n) is 2.43. The Bertz CT molecular complexity index is 255. The van der Waals surface area contributed by atoms with Gasteiger partial charge in [0.15, 0.2) is 0 Å². The van der Waals surface area contributed by atoms with E-state index in [-0.39, 0.29) is 24.7 Å². The zero-order valence-electron chi connectivity index (χ0n) is 8.57. The molecule has 5 nitrogen and oxygen atoms in total. The molecule has 15 heavy (non-hydrogen) atoms. The molecular weight excluding hydrogens is 198 g/mol. The van der Waals surface area contributed by atoms with Gasteiger partial charge in [0.2, 0.25) is 11.8 Å². The predicted octanol–water partition coefficient (Wildman–Crippen LogP) is 0.780. The van der Waals surface area contributed by atoms with Crippen LogP contribution in [0.25, 0.3) is 0 Å². The zero-order valence-corrected chi connectivity index (χ0v) is 8.57. The summed E-state index contributed by atoms with van der Waals surface area (Å²) >= 11 is 0. The second-order valence-electron chi connectivity index (χ2n) is 3.68. The Morgan fingerprint density at radius 3 is 1.93 bits per heavy atom. The topological polar surface area (TPSA) is 74.7 Å². The van der Waals surface area contributed by atoms with E-state index in [1.165, 1.54) is 0 Å². The van der Waals surface area contributed by atoms with Crippen molar-refractivity contribution in [3.63, 3.8) is 0 Å². The Labute approximate surface area is 88.1 Å². The van der Waals surface area contributed by atoms with Crippen molar-refractivity contribution in [3.8, 4) is 0 Å². The molecule has 0 bridgehead atoms. The van der Waals surface area contributed by atoms with Gasteiger partial charge in [0.25, 0.3) is 0 Å². The summed E-state index contributed by atoms with van der Waals surface area (Å²) < 4.78 is 0. The van der Waals surface area contributed by atoms with Crippen LogP contribution in [0.4, 0.5) is 0 Å². The highest BCUT2D eigenvalue weighted by Gasteiger charge is 2.23. The van der Waals surface area contributed by atoms with Crippen LogP contribution in [0.3, 0.4) is 0 Å². The summed E-state index contributed by atoms with van der Waals surface area (Å²) in [5.41, 5.74) is 0. The van der Waals surface area contributed by atoms with Crippen molar-refractivity contribution in [1.82, 2.24) is 4.90 Å². The molecule has 1 aliphatic rings. The Hall–Kier alpha value is -1.39. The minimum Gasteiger partial charge on any atom is -0.480 e. The van der Waals surface area contributed by atoms with Gasteiger partial charge in [-0.3, -0.25) is 19.3 Å². The molecule has 1 rings (SSSR count). The van der Waals surface area contributed by atoms with Crippen molar-refractivity contribution >= 4 is 17.8 Å². The first-order chi connectivity index (χ1) is 7.11. The molecule has 0 radical (unpaired) electrons. The van der Waals surface area contributed by atoms with Crippen molar-refractivity contribution < 1.29 is 19.5 Å². The summed E-state index contributed by atoms with van der Waals surface area (Å²) in [7, 11) is 0. The molecule has 0 atom stereocenters. The molecular formula is C10H15NO4. The molecule has 0 aliphatic carbocycles. The number of aliphatic carboxylic acids is 1. The van der Waals surface area contributed by atoms with Crippen molar-refractivity contribution in [3.05, 3.63) is 0 Å². The molecule has 0 saturated carbocycles. The molecule has 0 aromatic carbocycles. The Morgan fingerprint density at radius 2 is 1.53 bits per heavy atom. The van der Waals surface area contributed by atoms with Crippen LogP contribution in [0.15, 0.2) is 0 Å². The molecule has 1 heterocycles. The molecule has 1 saturated heterocycles. The molecule has 5 heteroatoms. The van der Waals surface area contributed by atoms with E-state index in [0.29, 0.717) is 0 Å². The van der Waals surface area contributed by atoms with Crippen LogP contribution < -0.4 is 0 Å².